The molecule has 2 nitrogen and oxygen atoms in total. The standard InChI is InChI=1S/C8H10O2S/c1-6-4-11-5-7(6)3-8(9)10-2/h4-5H,3H2,1-2H3. The molecule has 0 amide bonds. The number of thiophene rings is 1. The van der Waals surface area contributed by atoms with Crippen molar-refractivity contribution in [2.75, 3.05) is 7.11 Å². The van der Waals surface area contributed by atoms with E-state index in [1.54, 1.807) is 11.3 Å². The van der Waals surface area contributed by atoms with Crippen molar-refractivity contribution in [2.45, 2.75) is 13.3 Å². The minimum absolute atomic E-state index is 0.175. The molecule has 1 aromatic heterocycles. The molecule has 0 aliphatic rings. The van der Waals surface area contributed by atoms with Gasteiger partial charge >= 0.3 is 5.97 Å². The quantitative estimate of drug-likeness (QED) is 0.632. The van der Waals surface area contributed by atoms with Crippen molar-refractivity contribution in [1.82, 2.24) is 0 Å². The van der Waals surface area contributed by atoms with E-state index >= 15 is 0 Å². The second-order valence-corrected chi connectivity index (χ2v) is 3.08. The maximum atomic E-state index is 10.8. The summed E-state index contributed by atoms with van der Waals surface area (Å²) < 4.78 is 4.54. The fraction of sp³-hybridized carbons (Fsp3) is 0.375. The third kappa shape index (κ3) is 2.05. The lowest BCUT2D eigenvalue weighted by molar-refractivity contribution is -0.139. The minimum Gasteiger partial charge on any atom is -0.469 e. The van der Waals surface area contributed by atoms with Gasteiger partial charge in [-0.2, -0.15) is 11.3 Å². The third-order valence-corrected chi connectivity index (χ3v) is 2.43. The van der Waals surface area contributed by atoms with E-state index in [-0.39, 0.29) is 5.97 Å². The average Bonchev–Trinajstić information content (AvgIpc) is 2.37. The van der Waals surface area contributed by atoms with Gasteiger partial charge in [-0.1, -0.05) is 0 Å². The number of carbonyl (C=O) groups is 1. The van der Waals surface area contributed by atoms with Gasteiger partial charge in [-0.05, 0) is 28.8 Å². The van der Waals surface area contributed by atoms with E-state index in [0.717, 1.165) is 5.56 Å². The highest BCUT2D eigenvalue weighted by molar-refractivity contribution is 7.08. The smallest absolute Gasteiger partial charge is 0.310 e. The summed E-state index contributed by atoms with van der Waals surface area (Å²) in [5.74, 6) is -0.175. The minimum atomic E-state index is -0.175. The number of hydrogen-bond acceptors (Lipinski definition) is 3. The van der Waals surface area contributed by atoms with E-state index in [4.69, 9.17) is 0 Å². The summed E-state index contributed by atoms with van der Waals surface area (Å²) in [5.41, 5.74) is 2.24. The summed E-state index contributed by atoms with van der Waals surface area (Å²) in [6.07, 6.45) is 0.395. The number of rotatable bonds is 2. The van der Waals surface area contributed by atoms with Crippen molar-refractivity contribution < 1.29 is 9.53 Å². The lowest BCUT2D eigenvalue weighted by Crippen LogP contribution is -2.04. The molecule has 0 aliphatic carbocycles. The maximum absolute atomic E-state index is 10.8. The van der Waals surface area contributed by atoms with Crippen LogP contribution in [0.3, 0.4) is 0 Å². The highest BCUT2D eigenvalue weighted by Crippen LogP contribution is 2.14. The number of ether oxygens (including phenoxy) is 1. The molecule has 0 N–H and O–H groups in total. The van der Waals surface area contributed by atoms with E-state index in [1.165, 1.54) is 12.7 Å². The molecule has 0 spiro atoms. The van der Waals surface area contributed by atoms with Crippen LogP contribution in [0.15, 0.2) is 10.8 Å². The predicted molar refractivity (Wildman–Crippen MR) is 44.8 cm³/mol. The zero-order valence-corrected chi connectivity index (χ0v) is 7.40. The molecule has 0 fully saturated rings. The Morgan fingerprint density at radius 2 is 2.36 bits per heavy atom. The van der Waals surface area contributed by atoms with Crippen molar-refractivity contribution in [2.24, 2.45) is 0 Å². The monoisotopic (exact) mass is 170 g/mol. The van der Waals surface area contributed by atoms with Crippen molar-refractivity contribution >= 4 is 17.3 Å². The molecule has 0 aliphatic heterocycles. The van der Waals surface area contributed by atoms with Gasteiger partial charge in [0.2, 0.25) is 0 Å². The molecule has 3 heteroatoms. The van der Waals surface area contributed by atoms with Gasteiger partial charge in [0.05, 0.1) is 13.5 Å². The average molecular weight is 170 g/mol. The zero-order valence-electron chi connectivity index (χ0n) is 6.59. The predicted octanol–water partition coefficient (Wildman–Crippen LogP) is 1.77. The Labute approximate surface area is 69.8 Å². The molecular formula is C8H10O2S. The van der Waals surface area contributed by atoms with Gasteiger partial charge < -0.3 is 4.74 Å². The van der Waals surface area contributed by atoms with E-state index in [0.29, 0.717) is 6.42 Å². The molecule has 1 aromatic rings. The van der Waals surface area contributed by atoms with Gasteiger partial charge in [0, 0.05) is 0 Å². The van der Waals surface area contributed by atoms with Gasteiger partial charge in [-0.25, -0.2) is 0 Å². The number of hydrogen-bond donors (Lipinski definition) is 0. The Bertz CT molecular complexity index is 252. The first-order valence-electron chi connectivity index (χ1n) is 3.32. The van der Waals surface area contributed by atoms with Crippen molar-refractivity contribution in [1.29, 1.82) is 0 Å². The molecule has 1 heterocycles. The van der Waals surface area contributed by atoms with Crippen LogP contribution in [0.25, 0.3) is 0 Å². The zero-order chi connectivity index (χ0) is 8.27. The molecule has 1 rings (SSSR count). The van der Waals surface area contributed by atoms with E-state index < -0.39 is 0 Å². The van der Waals surface area contributed by atoms with Crippen LogP contribution in [-0.2, 0) is 16.0 Å². The van der Waals surface area contributed by atoms with Crippen LogP contribution in [-0.4, -0.2) is 13.1 Å². The number of aryl methyl sites for hydroxylation is 1. The normalized spacial score (nSPS) is 9.64. The molecular weight excluding hydrogens is 160 g/mol. The first-order valence-corrected chi connectivity index (χ1v) is 4.27. The second-order valence-electron chi connectivity index (χ2n) is 2.33. The number of carbonyl (C=O) groups excluding carboxylic acids is 1. The van der Waals surface area contributed by atoms with Gasteiger partial charge in [0.1, 0.15) is 0 Å². The molecule has 0 bridgehead atoms. The molecule has 0 atom stereocenters. The molecule has 0 saturated carbocycles. The topological polar surface area (TPSA) is 26.3 Å². The fourth-order valence-corrected chi connectivity index (χ4v) is 1.65. The Kier molecular flexibility index (Phi) is 2.65. The summed E-state index contributed by atoms with van der Waals surface area (Å²) in [4.78, 5) is 10.8. The van der Waals surface area contributed by atoms with Crippen LogP contribution in [0, 0.1) is 6.92 Å². The van der Waals surface area contributed by atoms with Crippen molar-refractivity contribution in [3.8, 4) is 0 Å². The van der Waals surface area contributed by atoms with Crippen LogP contribution in [0.1, 0.15) is 11.1 Å². The van der Waals surface area contributed by atoms with Gasteiger partial charge in [-0.3, -0.25) is 4.79 Å². The van der Waals surface area contributed by atoms with E-state index in [2.05, 4.69) is 4.74 Å². The maximum Gasteiger partial charge on any atom is 0.310 e. The molecule has 60 valence electrons. The summed E-state index contributed by atoms with van der Waals surface area (Å²) in [6, 6.07) is 0. The van der Waals surface area contributed by atoms with Crippen LogP contribution >= 0.6 is 11.3 Å². The van der Waals surface area contributed by atoms with Gasteiger partial charge in [-0.15, -0.1) is 0 Å². The SMILES string of the molecule is COC(=O)Cc1cscc1C. The summed E-state index contributed by atoms with van der Waals surface area (Å²) in [6.45, 7) is 1.99. The first kappa shape index (κ1) is 8.27. The summed E-state index contributed by atoms with van der Waals surface area (Å²) in [5, 5.41) is 4.00. The van der Waals surface area contributed by atoms with Crippen molar-refractivity contribution in [3.63, 3.8) is 0 Å². The molecule has 0 radical (unpaired) electrons. The van der Waals surface area contributed by atoms with Crippen LogP contribution in [0.5, 0.6) is 0 Å². The van der Waals surface area contributed by atoms with Crippen LogP contribution in [0.2, 0.25) is 0 Å². The van der Waals surface area contributed by atoms with Gasteiger partial charge in [0.15, 0.2) is 0 Å². The second kappa shape index (κ2) is 3.53. The van der Waals surface area contributed by atoms with Gasteiger partial charge in [0.25, 0.3) is 0 Å². The molecule has 0 aromatic carbocycles. The lowest BCUT2D eigenvalue weighted by Gasteiger charge is -1.96. The largest absolute Gasteiger partial charge is 0.469 e. The van der Waals surface area contributed by atoms with Crippen molar-refractivity contribution in [3.05, 3.63) is 21.9 Å². The highest BCUT2D eigenvalue weighted by Gasteiger charge is 2.05. The molecule has 0 unspecified atom stereocenters. The molecule has 11 heavy (non-hydrogen) atoms. The van der Waals surface area contributed by atoms with E-state index in [1.807, 2.05) is 17.7 Å². The number of esters is 1. The Morgan fingerprint density at radius 1 is 1.64 bits per heavy atom. The number of methoxy groups -OCH3 is 1. The molecule has 0 saturated heterocycles. The van der Waals surface area contributed by atoms with E-state index in [9.17, 15) is 4.79 Å². The fourth-order valence-electron chi connectivity index (χ4n) is 0.796. The van der Waals surface area contributed by atoms with Crippen LogP contribution < -0.4 is 0 Å². The van der Waals surface area contributed by atoms with Crippen LogP contribution in [0.4, 0.5) is 0 Å². The Hall–Kier alpha value is -0.830. The third-order valence-electron chi connectivity index (χ3n) is 1.52. The Morgan fingerprint density at radius 3 is 2.82 bits per heavy atom. The summed E-state index contributed by atoms with van der Waals surface area (Å²) >= 11 is 1.61. The lowest BCUT2D eigenvalue weighted by atomic mass is 10.2. The Balaban J connectivity index is 2.64. The summed E-state index contributed by atoms with van der Waals surface area (Å²) in [7, 11) is 1.41. The highest BCUT2D eigenvalue weighted by atomic mass is 32.1. The first-order chi connectivity index (χ1) is 5.24.